The van der Waals surface area contributed by atoms with Crippen molar-refractivity contribution in [3.8, 4) is 0 Å². The lowest BCUT2D eigenvalue weighted by molar-refractivity contribution is -0.124. The van der Waals surface area contributed by atoms with Crippen LogP contribution in [-0.2, 0) is 9.53 Å². The van der Waals surface area contributed by atoms with Crippen LogP contribution in [0.5, 0.6) is 0 Å². The van der Waals surface area contributed by atoms with Crippen LogP contribution in [0, 0.1) is 12.7 Å². The number of hydrogen-bond donors (Lipinski definition) is 1. The highest BCUT2D eigenvalue weighted by Gasteiger charge is 2.15. The molecular formula is C18H17ClFNO3. The molecule has 6 heteroatoms. The average molecular weight is 350 g/mol. The summed E-state index contributed by atoms with van der Waals surface area (Å²) in [6, 6.07) is 10.9. The van der Waals surface area contributed by atoms with Gasteiger partial charge in [0, 0.05) is 0 Å². The van der Waals surface area contributed by atoms with Gasteiger partial charge in [-0.1, -0.05) is 41.4 Å². The summed E-state index contributed by atoms with van der Waals surface area (Å²) in [5.74, 6) is -1.77. The molecular weight excluding hydrogens is 333 g/mol. The van der Waals surface area contributed by atoms with E-state index in [1.165, 1.54) is 6.07 Å². The molecule has 1 atom stereocenters. The van der Waals surface area contributed by atoms with Crippen LogP contribution in [-0.4, -0.2) is 18.5 Å². The first-order chi connectivity index (χ1) is 11.4. The number of carbonyl (C=O) groups excluding carboxylic acids is 2. The molecule has 0 saturated heterocycles. The second-order valence-electron chi connectivity index (χ2n) is 5.40. The van der Waals surface area contributed by atoms with Crippen LogP contribution in [0.25, 0.3) is 0 Å². The summed E-state index contributed by atoms with van der Waals surface area (Å²) in [6.45, 7) is 3.37. The Bertz CT molecular complexity index is 746. The number of halogens is 2. The standard InChI is InChI=1S/C18H17ClFNO3/c1-11-3-5-13(6-4-11)12(2)21-17(22)10-24-18(23)15-8-7-14(20)9-16(15)19/h3-9,12H,10H2,1-2H3,(H,21,22). The number of nitrogens with one attached hydrogen (secondary N) is 1. The highest BCUT2D eigenvalue weighted by Crippen LogP contribution is 2.18. The van der Waals surface area contributed by atoms with Gasteiger partial charge in [0.15, 0.2) is 6.61 Å². The monoisotopic (exact) mass is 349 g/mol. The SMILES string of the molecule is Cc1ccc(C(C)NC(=O)COC(=O)c2ccc(F)cc2Cl)cc1. The summed E-state index contributed by atoms with van der Waals surface area (Å²) in [6.07, 6.45) is 0. The Labute approximate surface area is 144 Å². The van der Waals surface area contributed by atoms with E-state index in [9.17, 15) is 14.0 Å². The van der Waals surface area contributed by atoms with Gasteiger partial charge < -0.3 is 10.1 Å². The molecule has 24 heavy (non-hydrogen) atoms. The molecule has 0 bridgehead atoms. The minimum absolute atomic E-state index is 0.0115. The molecule has 2 aromatic carbocycles. The number of amides is 1. The van der Waals surface area contributed by atoms with Crippen molar-refractivity contribution >= 4 is 23.5 Å². The van der Waals surface area contributed by atoms with Gasteiger partial charge in [0.25, 0.3) is 5.91 Å². The number of ether oxygens (including phenoxy) is 1. The number of aryl methyl sites for hydroxylation is 1. The van der Waals surface area contributed by atoms with Crippen LogP contribution in [0.4, 0.5) is 4.39 Å². The zero-order valence-corrected chi connectivity index (χ0v) is 14.1. The van der Waals surface area contributed by atoms with Gasteiger partial charge in [-0.15, -0.1) is 0 Å². The van der Waals surface area contributed by atoms with Crippen molar-refractivity contribution in [1.82, 2.24) is 5.32 Å². The third-order valence-corrected chi connectivity index (χ3v) is 3.75. The maximum atomic E-state index is 13.0. The van der Waals surface area contributed by atoms with Crippen molar-refractivity contribution in [2.75, 3.05) is 6.61 Å². The molecule has 1 unspecified atom stereocenters. The van der Waals surface area contributed by atoms with E-state index in [-0.39, 0.29) is 16.6 Å². The third kappa shape index (κ3) is 4.80. The molecule has 2 rings (SSSR count). The molecule has 1 N–H and O–H groups in total. The van der Waals surface area contributed by atoms with E-state index >= 15 is 0 Å². The van der Waals surface area contributed by atoms with E-state index in [1.807, 2.05) is 38.1 Å². The fourth-order valence-electron chi connectivity index (χ4n) is 2.09. The van der Waals surface area contributed by atoms with Gasteiger partial charge in [0.1, 0.15) is 5.82 Å². The highest BCUT2D eigenvalue weighted by atomic mass is 35.5. The molecule has 0 aromatic heterocycles. The normalized spacial score (nSPS) is 11.7. The molecule has 126 valence electrons. The molecule has 4 nitrogen and oxygen atoms in total. The molecule has 0 saturated carbocycles. The van der Waals surface area contributed by atoms with Crippen molar-refractivity contribution in [3.63, 3.8) is 0 Å². The molecule has 0 aliphatic carbocycles. The summed E-state index contributed by atoms with van der Waals surface area (Å²) in [5, 5.41) is 2.68. The lowest BCUT2D eigenvalue weighted by Gasteiger charge is -2.14. The highest BCUT2D eigenvalue weighted by molar-refractivity contribution is 6.33. The van der Waals surface area contributed by atoms with Crippen molar-refractivity contribution in [2.24, 2.45) is 0 Å². The van der Waals surface area contributed by atoms with E-state index in [1.54, 1.807) is 0 Å². The van der Waals surface area contributed by atoms with Crippen LogP contribution in [0.15, 0.2) is 42.5 Å². The molecule has 0 fully saturated rings. The molecule has 2 aromatic rings. The lowest BCUT2D eigenvalue weighted by Crippen LogP contribution is -2.31. The molecule has 0 aliphatic heterocycles. The summed E-state index contributed by atoms with van der Waals surface area (Å²) < 4.78 is 17.9. The Hall–Kier alpha value is -2.40. The van der Waals surface area contributed by atoms with Gasteiger partial charge in [0.2, 0.25) is 0 Å². The molecule has 0 heterocycles. The Balaban J connectivity index is 1.88. The molecule has 0 aliphatic rings. The number of benzene rings is 2. The second kappa shape index (κ2) is 7.93. The zero-order valence-electron chi connectivity index (χ0n) is 13.3. The van der Waals surface area contributed by atoms with Crippen LogP contribution >= 0.6 is 11.6 Å². The van der Waals surface area contributed by atoms with Gasteiger partial charge in [-0.05, 0) is 37.6 Å². The van der Waals surface area contributed by atoms with Gasteiger partial charge in [-0.25, -0.2) is 9.18 Å². The van der Waals surface area contributed by atoms with E-state index in [2.05, 4.69) is 5.32 Å². The Kier molecular flexibility index (Phi) is 5.93. The third-order valence-electron chi connectivity index (χ3n) is 3.44. The fourth-order valence-corrected chi connectivity index (χ4v) is 2.33. The van der Waals surface area contributed by atoms with Gasteiger partial charge in [-0.3, -0.25) is 4.79 Å². The first-order valence-corrected chi connectivity index (χ1v) is 7.72. The predicted octanol–water partition coefficient (Wildman–Crippen LogP) is 3.82. The fraction of sp³-hybridized carbons (Fsp3) is 0.222. The van der Waals surface area contributed by atoms with E-state index in [0.717, 1.165) is 23.3 Å². The van der Waals surface area contributed by atoms with Crippen LogP contribution in [0.1, 0.15) is 34.5 Å². The molecule has 0 spiro atoms. The van der Waals surface area contributed by atoms with Gasteiger partial charge >= 0.3 is 5.97 Å². The minimum atomic E-state index is -0.780. The van der Waals surface area contributed by atoms with Gasteiger partial charge in [-0.2, -0.15) is 0 Å². The number of carbonyl (C=O) groups is 2. The topological polar surface area (TPSA) is 55.4 Å². The number of esters is 1. The zero-order chi connectivity index (χ0) is 17.7. The van der Waals surface area contributed by atoms with Crippen LogP contribution in [0.2, 0.25) is 5.02 Å². The Morgan fingerprint density at radius 1 is 1.21 bits per heavy atom. The number of hydrogen-bond acceptors (Lipinski definition) is 3. The summed E-state index contributed by atoms with van der Waals surface area (Å²) >= 11 is 5.78. The quantitative estimate of drug-likeness (QED) is 0.835. The summed E-state index contributed by atoms with van der Waals surface area (Å²) in [4.78, 5) is 23.8. The smallest absolute Gasteiger partial charge is 0.340 e. The van der Waals surface area contributed by atoms with Crippen molar-refractivity contribution in [3.05, 3.63) is 70.0 Å². The first-order valence-electron chi connectivity index (χ1n) is 7.35. The minimum Gasteiger partial charge on any atom is -0.452 e. The van der Waals surface area contributed by atoms with E-state index in [0.29, 0.717) is 0 Å². The maximum Gasteiger partial charge on any atom is 0.340 e. The predicted molar refractivity (Wildman–Crippen MR) is 89.4 cm³/mol. The van der Waals surface area contributed by atoms with Crippen molar-refractivity contribution in [2.45, 2.75) is 19.9 Å². The summed E-state index contributed by atoms with van der Waals surface area (Å²) in [7, 11) is 0. The largest absolute Gasteiger partial charge is 0.452 e. The summed E-state index contributed by atoms with van der Waals surface area (Å²) in [5.41, 5.74) is 2.08. The number of rotatable bonds is 5. The molecule has 0 radical (unpaired) electrons. The Morgan fingerprint density at radius 2 is 1.88 bits per heavy atom. The average Bonchev–Trinajstić information content (AvgIpc) is 2.53. The van der Waals surface area contributed by atoms with Gasteiger partial charge in [0.05, 0.1) is 16.6 Å². The molecule has 1 amide bonds. The van der Waals surface area contributed by atoms with Crippen LogP contribution < -0.4 is 5.32 Å². The van der Waals surface area contributed by atoms with E-state index < -0.39 is 24.3 Å². The maximum absolute atomic E-state index is 13.0. The van der Waals surface area contributed by atoms with Crippen LogP contribution in [0.3, 0.4) is 0 Å². The first kappa shape index (κ1) is 17.9. The Morgan fingerprint density at radius 3 is 2.50 bits per heavy atom. The van der Waals surface area contributed by atoms with E-state index in [4.69, 9.17) is 16.3 Å². The van der Waals surface area contributed by atoms with Crippen molar-refractivity contribution < 1.29 is 18.7 Å². The van der Waals surface area contributed by atoms with Crippen molar-refractivity contribution in [1.29, 1.82) is 0 Å². The second-order valence-corrected chi connectivity index (χ2v) is 5.81. The lowest BCUT2D eigenvalue weighted by atomic mass is 10.1.